The van der Waals surface area contributed by atoms with Crippen LogP contribution in [0.5, 0.6) is 0 Å². The zero-order valence-corrected chi connectivity index (χ0v) is 41.9. The van der Waals surface area contributed by atoms with Gasteiger partial charge in [-0.1, -0.05) is 46.2 Å². The second-order valence-corrected chi connectivity index (χ2v) is 27.0. The Morgan fingerprint density at radius 3 is 1.40 bits per heavy atom. The van der Waals surface area contributed by atoms with Crippen LogP contribution in [0.4, 0.5) is 26.3 Å². The number of alkyl halides is 6. The first-order valence-electron chi connectivity index (χ1n) is 18.8. The van der Waals surface area contributed by atoms with E-state index in [4.69, 9.17) is 64.8 Å². The molecule has 0 amide bonds. The quantitative estimate of drug-likeness (QED) is 0.0920. The number of benzene rings is 2. The van der Waals surface area contributed by atoms with Crippen molar-refractivity contribution in [2.45, 2.75) is 78.9 Å². The van der Waals surface area contributed by atoms with Crippen LogP contribution in [0.25, 0.3) is 22.5 Å². The third-order valence-electron chi connectivity index (χ3n) is 9.03. The fraction of sp³-hybridized carbons (Fsp3) is 0.400. The number of esters is 2. The summed E-state index contributed by atoms with van der Waals surface area (Å²) in [6, 6.07) is 7.39. The molecule has 65 heavy (non-hydrogen) atoms. The Morgan fingerprint density at radius 2 is 1.08 bits per heavy atom. The first-order valence-corrected chi connectivity index (χ1v) is 26.7. The van der Waals surface area contributed by atoms with Crippen LogP contribution in [0.3, 0.4) is 0 Å². The summed E-state index contributed by atoms with van der Waals surface area (Å²) in [4.78, 5) is 25.0. The van der Waals surface area contributed by atoms with Gasteiger partial charge < -0.3 is 28.2 Å². The molecule has 356 valence electrons. The van der Waals surface area contributed by atoms with Gasteiger partial charge in [0.1, 0.15) is 23.4 Å². The fourth-order valence-corrected chi connectivity index (χ4v) is 8.84. The summed E-state index contributed by atoms with van der Waals surface area (Å²) in [5.74, 6) is -1.15. The second-order valence-electron chi connectivity index (χ2n) is 15.7. The highest BCUT2D eigenvalue weighted by atomic mass is 35.7. The van der Waals surface area contributed by atoms with Gasteiger partial charge in [-0.3, -0.25) is 0 Å². The third-order valence-corrected chi connectivity index (χ3v) is 12.3. The highest BCUT2D eigenvalue weighted by Gasteiger charge is 2.46. The summed E-state index contributed by atoms with van der Waals surface area (Å²) in [6.07, 6.45) is -2.49. The lowest BCUT2D eigenvalue weighted by Gasteiger charge is -2.27. The van der Waals surface area contributed by atoms with Crippen molar-refractivity contribution in [3.8, 4) is 11.4 Å². The van der Waals surface area contributed by atoms with Gasteiger partial charge in [0.15, 0.2) is 29.3 Å². The Hall–Kier alpha value is -3.45. The SMILES string of the molecule is CP(=S)(Cl)OCC(F)(F)F.Cc1cc(-n2cc(Cl)cn2)cc(C)c1C1=C(O)C(C)(C)OC1=O.Cc1cc(-n2cc(Cl)cn2)cc(C)c1C1=C(OP(C)(=S)OCC(F)(F)F)C(C)(C)OC1=O. The topological polar surface area (TPSA) is 136 Å². The average Bonchev–Trinajstić information content (AvgIpc) is 3.87. The number of ether oxygens (including phenoxy) is 2. The van der Waals surface area contributed by atoms with Crippen molar-refractivity contribution in [1.29, 1.82) is 0 Å². The minimum Gasteiger partial charge on any atom is -0.507 e. The van der Waals surface area contributed by atoms with Crippen molar-refractivity contribution in [3.05, 3.63) is 104 Å². The average molecular weight is 1050 g/mol. The van der Waals surface area contributed by atoms with E-state index >= 15 is 0 Å². The van der Waals surface area contributed by atoms with Crippen LogP contribution in [0, 0.1) is 27.7 Å². The van der Waals surface area contributed by atoms with Gasteiger partial charge in [-0.15, -0.1) is 0 Å². The number of aliphatic hydroxyl groups is 1. The van der Waals surface area contributed by atoms with Gasteiger partial charge in [0.05, 0.1) is 33.8 Å². The number of nitrogens with zero attached hydrogens (tertiary/aromatic N) is 4. The summed E-state index contributed by atoms with van der Waals surface area (Å²) in [7, 11) is 0. The number of aryl methyl sites for hydroxylation is 4. The molecule has 0 saturated carbocycles. The molecule has 2 aliphatic rings. The number of carbonyl (C=O) groups excluding carboxylic acids is 2. The third kappa shape index (κ3) is 14.5. The number of halogens is 9. The van der Waals surface area contributed by atoms with E-state index in [1.165, 1.54) is 19.5 Å². The Morgan fingerprint density at radius 1 is 0.708 bits per heavy atom. The predicted octanol–water partition coefficient (Wildman–Crippen LogP) is 12.2. The molecule has 25 heteroatoms. The van der Waals surface area contributed by atoms with E-state index in [1.54, 1.807) is 81.6 Å². The van der Waals surface area contributed by atoms with Gasteiger partial charge in [-0.25, -0.2) is 19.0 Å². The van der Waals surface area contributed by atoms with Crippen LogP contribution in [0.1, 0.15) is 61.1 Å². The molecule has 1 N–H and O–H groups in total. The lowest BCUT2D eigenvalue weighted by Crippen LogP contribution is -2.24. The van der Waals surface area contributed by atoms with Gasteiger partial charge in [-0.05, 0) is 125 Å². The van der Waals surface area contributed by atoms with E-state index in [0.29, 0.717) is 32.3 Å². The van der Waals surface area contributed by atoms with E-state index in [0.717, 1.165) is 22.5 Å². The summed E-state index contributed by atoms with van der Waals surface area (Å²) in [5.41, 5.74) is 1.34. The van der Waals surface area contributed by atoms with Gasteiger partial charge >= 0.3 is 24.3 Å². The van der Waals surface area contributed by atoms with E-state index in [9.17, 15) is 41.0 Å². The summed E-state index contributed by atoms with van der Waals surface area (Å²) in [5, 5.41) is 19.7. The molecule has 2 unspecified atom stereocenters. The van der Waals surface area contributed by atoms with Crippen molar-refractivity contribution in [1.82, 2.24) is 19.6 Å². The zero-order valence-electron chi connectivity index (χ0n) is 36.2. The number of rotatable bonds is 10. The Bertz CT molecular complexity index is 2610. The summed E-state index contributed by atoms with van der Waals surface area (Å²) >= 11 is 26.7. The van der Waals surface area contributed by atoms with Crippen molar-refractivity contribution in [2.24, 2.45) is 0 Å². The Kier molecular flexibility index (Phi) is 16.7. The number of aliphatic hydroxyl groups excluding tert-OH is 1. The van der Waals surface area contributed by atoms with Crippen molar-refractivity contribution < 1.29 is 64.1 Å². The van der Waals surface area contributed by atoms with Crippen molar-refractivity contribution in [3.63, 3.8) is 0 Å². The molecular formula is C40H43Cl3F6N4O8P2S2. The van der Waals surface area contributed by atoms with E-state index in [-0.39, 0.29) is 22.7 Å². The van der Waals surface area contributed by atoms with E-state index in [2.05, 4.69) is 26.5 Å². The zero-order chi connectivity index (χ0) is 49.4. The predicted molar refractivity (Wildman–Crippen MR) is 244 cm³/mol. The van der Waals surface area contributed by atoms with Crippen LogP contribution in [-0.2, 0) is 56.2 Å². The molecule has 12 nitrogen and oxygen atoms in total. The smallest absolute Gasteiger partial charge is 0.412 e. The van der Waals surface area contributed by atoms with E-state index in [1.807, 2.05) is 26.0 Å². The fourth-order valence-electron chi connectivity index (χ4n) is 6.43. The molecule has 2 aliphatic heterocycles. The molecule has 4 aromatic rings. The minimum absolute atomic E-state index is 0.0383. The lowest BCUT2D eigenvalue weighted by molar-refractivity contribution is -0.153. The molecule has 0 radical (unpaired) electrons. The molecular weight excluding hydrogens is 1010 g/mol. The van der Waals surface area contributed by atoms with Gasteiger partial charge in [0.25, 0.3) is 0 Å². The molecule has 0 fully saturated rings. The highest BCUT2D eigenvalue weighted by Crippen LogP contribution is 2.54. The Labute approximate surface area is 395 Å². The van der Waals surface area contributed by atoms with Gasteiger partial charge in [0, 0.05) is 25.7 Å². The molecule has 0 bridgehead atoms. The molecule has 2 aromatic heterocycles. The first kappa shape index (κ1) is 54.2. The van der Waals surface area contributed by atoms with Gasteiger partial charge in [0.2, 0.25) is 6.49 Å². The maximum absolute atomic E-state index is 12.8. The normalized spacial score (nSPS) is 17.6. The summed E-state index contributed by atoms with van der Waals surface area (Å²) in [6.45, 7) is 10.1. The standard InChI is InChI=1S/C20H21ClF3N2O4PS.C17H17ClN2O3.C3H5ClF3OPS/c1-11-6-14(26-9-13(21)8-25-26)7-12(2)15(11)16-17(19(3,4)29-18(16)27)30-31(5,32)28-10-20(22,23)24;1-9-5-12(20-8-11(18)7-19-20)6-10(2)13(9)14-15(21)17(3,4)23-16(14)22;1-9(4,10)8-2-3(5,6)7/h6-9H,10H2,1-5H3;5-8,21H,1-4H3;2H2,1H3. The first-order chi connectivity index (χ1) is 29.5. The molecule has 2 atom stereocenters. The lowest BCUT2D eigenvalue weighted by atomic mass is 9.92. The number of aromatic nitrogens is 4. The molecule has 2 aromatic carbocycles. The van der Waals surface area contributed by atoms with Crippen LogP contribution in [-0.4, -0.2) is 86.7 Å². The van der Waals surface area contributed by atoms with Crippen molar-refractivity contribution >= 4 is 93.3 Å². The molecule has 0 aliphatic carbocycles. The van der Waals surface area contributed by atoms with Crippen molar-refractivity contribution in [2.75, 3.05) is 26.5 Å². The number of hydrogen-bond donors (Lipinski definition) is 1. The molecule has 6 rings (SSSR count). The summed E-state index contributed by atoms with van der Waals surface area (Å²) < 4.78 is 101. The molecule has 0 spiro atoms. The number of cyclic esters (lactones) is 2. The van der Waals surface area contributed by atoms with Crippen LogP contribution in [0.15, 0.2) is 60.6 Å². The van der Waals surface area contributed by atoms with Gasteiger partial charge in [-0.2, -0.15) is 36.5 Å². The molecule has 4 heterocycles. The Balaban J connectivity index is 0.000000243. The van der Waals surface area contributed by atoms with Crippen LogP contribution < -0.4 is 0 Å². The number of carbonyl (C=O) groups is 2. The monoisotopic (exact) mass is 1050 g/mol. The largest absolute Gasteiger partial charge is 0.507 e. The van der Waals surface area contributed by atoms with Crippen LogP contribution in [0.2, 0.25) is 10.0 Å². The molecule has 0 saturated heterocycles. The maximum Gasteiger partial charge on any atom is 0.412 e. The maximum atomic E-state index is 12.8. The minimum atomic E-state index is -4.56. The highest BCUT2D eigenvalue weighted by molar-refractivity contribution is 8.24. The number of hydrogen-bond acceptors (Lipinski definition) is 12. The second kappa shape index (κ2) is 20.0. The van der Waals surface area contributed by atoms with E-state index < -0.39 is 60.8 Å². The van der Waals surface area contributed by atoms with Crippen LogP contribution >= 0.6 is 46.6 Å².